The molecule has 418 valence electrons. The highest BCUT2D eigenvalue weighted by molar-refractivity contribution is 5.76. The Balaban J connectivity index is 3.51. The molecule has 0 aromatic heterocycles. The molecule has 71 heavy (non-hydrogen) atoms. The van der Waals surface area contributed by atoms with Crippen LogP contribution in [0.4, 0.5) is 0 Å². The molecule has 0 aliphatic heterocycles. The third kappa shape index (κ3) is 57.4. The minimum absolute atomic E-state index is 0.00344. The van der Waals surface area contributed by atoms with Gasteiger partial charge in [-0.2, -0.15) is 0 Å². The summed E-state index contributed by atoms with van der Waals surface area (Å²) in [6.07, 6.45) is 82.0. The molecular formula is C66H125NO4. The van der Waals surface area contributed by atoms with Gasteiger partial charge < -0.3 is 20.6 Å². The predicted molar refractivity (Wildman–Crippen MR) is 314 cm³/mol. The van der Waals surface area contributed by atoms with E-state index in [0.29, 0.717) is 6.42 Å². The number of allylic oxidation sites excluding steroid dienone is 7. The van der Waals surface area contributed by atoms with Crippen LogP contribution in [0.2, 0.25) is 0 Å². The van der Waals surface area contributed by atoms with Crippen LogP contribution < -0.4 is 5.32 Å². The fraction of sp³-hybridized carbons (Fsp3) is 0.864. The molecule has 0 bridgehead atoms. The SMILES string of the molecule is CCCCCCCCCCC/C=C/CC/C=C/CC/C=C/C(O)C(CO)NC(=O)CC(O)CCCCCCCCCCCCCCCCC/C=C\CCCCCCCCCCCCCCCCCCCC. The second kappa shape index (κ2) is 60.9. The van der Waals surface area contributed by atoms with E-state index < -0.39 is 18.2 Å². The first-order chi connectivity index (χ1) is 35.0. The number of nitrogens with one attached hydrogen (secondary N) is 1. The topological polar surface area (TPSA) is 89.8 Å². The maximum absolute atomic E-state index is 12.5. The van der Waals surface area contributed by atoms with Crippen LogP contribution >= 0.6 is 0 Å². The predicted octanol–water partition coefficient (Wildman–Crippen LogP) is 20.3. The highest BCUT2D eigenvalue weighted by Gasteiger charge is 2.20. The number of rotatable bonds is 59. The average Bonchev–Trinajstić information content (AvgIpc) is 3.37. The summed E-state index contributed by atoms with van der Waals surface area (Å²) in [6.45, 7) is 4.23. The van der Waals surface area contributed by atoms with E-state index in [1.54, 1.807) is 6.08 Å². The zero-order valence-electron chi connectivity index (χ0n) is 47.9. The van der Waals surface area contributed by atoms with Crippen LogP contribution in [-0.2, 0) is 4.79 Å². The molecule has 0 aromatic carbocycles. The molecular weight excluding hydrogens is 871 g/mol. The van der Waals surface area contributed by atoms with E-state index in [4.69, 9.17) is 0 Å². The minimum Gasteiger partial charge on any atom is -0.394 e. The number of aliphatic hydroxyl groups is 3. The standard InChI is InChI=1S/C66H125NO4/c1-3-5-7-9-11-13-15-17-19-21-23-24-25-26-27-28-29-30-31-32-33-34-35-36-37-38-39-40-42-43-45-47-49-51-53-55-57-59-63(69)61-66(71)67-64(62-68)65(70)60-58-56-54-52-50-48-46-44-41-22-20-18-16-14-12-10-8-6-4-2/h32-33,41,44,50,52,58,60,63-65,68-70H,3-31,34-40,42-43,45-49,51,53-57,59,61-62H2,1-2H3,(H,67,71)/b33-32-,44-41+,52-50+,60-58+. The summed E-state index contributed by atoms with van der Waals surface area (Å²) in [5.74, 6) is -0.326. The van der Waals surface area contributed by atoms with E-state index in [1.807, 2.05) is 6.08 Å². The summed E-state index contributed by atoms with van der Waals surface area (Å²) in [6, 6.07) is -0.769. The van der Waals surface area contributed by atoms with Gasteiger partial charge in [-0.25, -0.2) is 0 Å². The van der Waals surface area contributed by atoms with Crippen molar-refractivity contribution < 1.29 is 20.1 Å². The maximum atomic E-state index is 12.5. The summed E-state index contributed by atoms with van der Waals surface area (Å²) in [5, 5.41) is 33.5. The van der Waals surface area contributed by atoms with Crippen LogP contribution in [-0.4, -0.2) is 46.1 Å². The number of hydrogen-bond donors (Lipinski definition) is 4. The number of carbonyl (C=O) groups excluding carboxylic acids is 1. The lowest BCUT2D eigenvalue weighted by molar-refractivity contribution is -0.124. The van der Waals surface area contributed by atoms with Gasteiger partial charge in [-0.3, -0.25) is 4.79 Å². The zero-order chi connectivity index (χ0) is 51.4. The largest absolute Gasteiger partial charge is 0.394 e. The van der Waals surface area contributed by atoms with Gasteiger partial charge in [0.05, 0.1) is 31.3 Å². The van der Waals surface area contributed by atoms with Crippen molar-refractivity contribution in [2.45, 2.75) is 360 Å². The third-order valence-electron chi connectivity index (χ3n) is 14.8. The fourth-order valence-corrected chi connectivity index (χ4v) is 9.96. The minimum atomic E-state index is -0.961. The normalized spacial score (nSPS) is 13.5. The van der Waals surface area contributed by atoms with E-state index in [0.717, 1.165) is 38.5 Å². The quantitative estimate of drug-likeness (QED) is 0.0361. The van der Waals surface area contributed by atoms with Gasteiger partial charge >= 0.3 is 0 Å². The molecule has 0 fully saturated rings. The van der Waals surface area contributed by atoms with Crippen molar-refractivity contribution in [3.63, 3.8) is 0 Å². The zero-order valence-corrected chi connectivity index (χ0v) is 47.9. The summed E-state index contributed by atoms with van der Waals surface area (Å²) in [5.41, 5.74) is 0. The monoisotopic (exact) mass is 996 g/mol. The van der Waals surface area contributed by atoms with Gasteiger partial charge in [0.15, 0.2) is 0 Å². The van der Waals surface area contributed by atoms with Crippen LogP contribution in [0.1, 0.15) is 341 Å². The van der Waals surface area contributed by atoms with E-state index in [9.17, 15) is 20.1 Å². The van der Waals surface area contributed by atoms with Gasteiger partial charge in [0.2, 0.25) is 5.91 Å². The Kier molecular flexibility index (Phi) is 59.4. The molecule has 0 saturated carbocycles. The Labute approximate surface area is 444 Å². The number of carbonyl (C=O) groups is 1. The second-order valence-corrected chi connectivity index (χ2v) is 22.0. The molecule has 3 unspecified atom stereocenters. The van der Waals surface area contributed by atoms with Gasteiger partial charge in [0.1, 0.15) is 0 Å². The average molecular weight is 997 g/mol. The van der Waals surface area contributed by atoms with Crippen molar-refractivity contribution in [3.05, 3.63) is 48.6 Å². The third-order valence-corrected chi connectivity index (χ3v) is 14.8. The van der Waals surface area contributed by atoms with Crippen molar-refractivity contribution in [2.24, 2.45) is 0 Å². The Morgan fingerprint density at radius 3 is 0.901 bits per heavy atom. The summed E-state index contributed by atoms with van der Waals surface area (Å²) < 4.78 is 0. The van der Waals surface area contributed by atoms with Gasteiger partial charge in [-0.15, -0.1) is 0 Å². The summed E-state index contributed by atoms with van der Waals surface area (Å²) >= 11 is 0. The first kappa shape index (κ1) is 69.3. The molecule has 0 saturated heterocycles. The van der Waals surface area contributed by atoms with Crippen molar-refractivity contribution in [2.75, 3.05) is 6.61 Å². The van der Waals surface area contributed by atoms with E-state index in [-0.39, 0.29) is 18.9 Å². The van der Waals surface area contributed by atoms with Crippen LogP contribution in [0.5, 0.6) is 0 Å². The van der Waals surface area contributed by atoms with Crippen LogP contribution in [0.3, 0.4) is 0 Å². The van der Waals surface area contributed by atoms with Crippen molar-refractivity contribution in [1.29, 1.82) is 0 Å². The number of hydrogen-bond acceptors (Lipinski definition) is 4. The Hall–Kier alpha value is -1.69. The Morgan fingerprint density at radius 2 is 0.606 bits per heavy atom. The smallest absolute Gasteiger partial charge is 0.222 e. The highest BCUT2D eigenvalue weighted by Crippen LogP contribution is 2.18. The maximum Gasteiger partial charge on any atom is 0.222 e. The molecule has 0 aliphatic rings. The fourth-order valence-electron chi connectivity index (χ4n) is 9.96. The van der Waals surface area contributed by atoms with Gasteiger partial charge in [0.25, 0.3) is 0 Å². The second-order valence-electron chi connectivity index (χ2n) is 22.0. The summed E-state index contributed by atoms with van der Waals surface area (Å²) in [4.78, 5) is 12.5. The molecule has 0 heterocycles. The molecule has 1 amide bonds. The van der Waals surface area contributed by atoms with Crippen molar-refractivity contribution in [1.82, 2.24) is 5.32 Å². The Bertz CT molecular complexity index is 1150. The Morgan fingerprint density at radius 1 is 0.352 bits per heavy atom. The number of amides is 1. The summed E-state index contributed by atoms with van der Waals surface area (Å²) in [7, 11) is 0. The molecule has 4 N–H and O–H groups in total. The molecule has 0 aliphatic carbocycles. The molecule has 0 aromatic rings. The van der Waals surface area contributed by atoms with E-state index >= 15 is 0 Å². The number of aliphatic hydroxyl groups excluding tert-OH is 3. The first-order valence-electron chi connectivity index (χ1n) is 31.9. The lowest BCUT2D eigenvalue weighted by Crippen LogP contribution is -2.45. The van der Waals surface area contributed by atoms with Crippen molar-refractivity contribution >= 4 is 5.91 Å². The molecule has 3 atom stereocenters. The lowest BCUT2D eigenvalue weighted by Gasteiger charge is -2.21. The molecule has 5 nitrogen and oxygen atoms in total. The number of unbranched alkanes of at least 4 members (excludes halogenated alkanes) is 44. The van der Waals surface area contributed by atoms with Crippen molar-refractivity contribution in [3.8, 4) is 0 Å². The van der Waals surface area contributed by atoms with Crippen LogP contribution in [0.15, 0.2) is 48.6 Å². The van der Waals surface area contributed by atoms with Gasteiger partial charge in [0, 0.05) is 0 Å². The van der Waals surface area contributed by atoms with Crippen LogP contribution in [0, 0.1) is 0 Å². The van der Waals surface area contributed by atoms with Crippen LogP contribution in [0.25, 0.3) is 0 Å². The van der Waals surface area contributed by atoms with E-state index in [1.165, 1.54) is 276 Å². The lowest BCUT2D eigenvalue weighted by atomic mass is 10.0. The molecule has 0 rings (SSSR count). The molecule has 5 heteroatoms. The molecule has 0 spiro atoms. The molecule has 0 radical (unpaired) electrons. The van der Waals surface area contributed by atoms with Gasteiger partial charge in [-0.1, -0.05) is 313 Å². The highest BCUT2D eigenvalue weighted by atomic mass is 16.3. The van der Waals surface area contributed by atoms with Gasteiger partial charge in [-0.05, 0) is 70.6 Å². The van der Waals surface area contributed by atoms with E-state index in [2.05, 4.69) is 55.6 Å². The first-order valence-corrected chi connectivity index (χ1v) is 31.9.